The Kier molecular flexibility index (Phi) is 4.60. The van der Waals surface area contributed by atoms with Crippen LogP contribution in [-0.4, -0.2) is 6.61 Å². The summed E-state index contributed by atoms with van der Waals surface area (Å²) in [6, 6.07) is 0. The number of hydrogen-bond donors (Lipinski definition) is 0. The maximum atomic E-state index is 10.1. The number of hydrogen-bond acceptors (Lipinski definition) is 0. The first-order chi connectivity index (χ1) is 5.43. The van der Waals surface area contributed by atoms with Crippen molar-refractivity contribution in [3.63, 3.8) is 0 Å². The van der Waals surface area contributed by atoms with Crippen LogP contribution in [0, 0.1) is 5.92 Å². The molecule has 1 rings (SSSR count). The molecule has 0 amide bonds. The monoisotopic (exact) mass is 155 g/mol. The predicted octanol–water partition coefficient (Wildman–Crippen LogP) is 3.17. The van der Waals surface area contributed by atoms with Crippen molar-refractivity contribution in [2.45, 2.75) is 51.4 Å². The lowest BCUT2D eigenvalue weighted by Crippen LogP contribution is -2.10. The van der Waals surface area contributed by atoms with Crippen molar-refractivity contribution < 1.29 is 5.11 Å². The van der Waals surface area contributed by atoms with E-state index in [2.05, 4.69) is 0 Å². The molecule has 0 N–H and O–H groups in total. The van der Waals surface area contributed by atoms with Gasteiger partial charge >= 0.3 is 0 Å². The predicted molar refractivity (Wildman–Crippen MR) is 46.0 cm³/mol. The minimum atomic E-state index is 0.128. The van der Waals surface area contributed by atoms with Crippen LogP contribution in [-0.2, 0) is 5.11 Å². The van der Waals surface area contributed by atoms with Gasteiger partial charge in [-0.3, -0.25) is 0 Å². The summed E-state index contributed by atoms with van der Waals surface area (Å²) in [4.78, 5) is 0. The molecule has 1 nitrogen and oxygen atoms in total. The maximum absolute atomic E-state index is 10.1. The largest absolute Gasteiger partial charge is 0.237 e. The van der Waals surface area contributed by atoms with E-state index >= 15 is 0 Å². The third-order valence-corrected chi connectivity index (χ3v) is 2.73. The molecule has 0 saturated heterocycles. The Hall–Kier alpha value is -0.0400. The highest BCUT2D eigenvalue weighted by Gasteiger charge is 2.15. The van der Waals surface area contributed by atoms with Gasteiger partial charge in [0.05, 0.1) is 6.61 Å². The van der Waals surface area contributed by atoms with Gasteiger partial charge in [0.15, 0.2) is 0 Å². The fourth-order valence-electron chi connectivity index (χ4n) is 1.67. The summed E-state index contributed by atoms with van der Waals surface area (Å²) in [6.45, 7) is 0.128. The summed E-state index contributed by atoms with van der Waals surface area (Å²) in [5.74, 6) is 1.06. The average molecular weight is 155 g/mol. The second kappa shape index (κ2) is 5.59. The van der Waals surface area contributed by atoms with Gasteiger partial charge in [0.1, 0.15) is 0 Å². The topological polar surface area (TPSA) is 19.9 Å². The van der Waals surface area contributed by atoms with Crippen LogP contribution < -0.4 is 0 Å². The summed E-state index contributed by atoms with van der Waals surface area (Å²) in [6.07, 6.45) is 10.6. The summed E-state index contributed by atoms with van der Waals surface area (Å²) in [7, 11) is 0. The van der Waals surface area contributed by atoms with Gasteiger partial charge < -0.3 is 0 Å². The molecule has 1 radical (unpaired) electrons. The summed E-state index contributed by atoms with van der Waals surface area (Å²) < 4.78 is 0. The van der Waals surface area contributed by atoms with Crippen LogP contribution >= 0.6 is 0 Å². The molecule has 0 aliphatic heterocycles. The second-order valence-corrected chi connectivity index (χ2v) is 3.70. The number of unbranched alkanes of at least 4 members (excludes halogenated alkanes) is 3. The van der Waals surface area contributed by atoms with E-state index in [0.717, 1.165) is 18.8 Å². The zero-order chi connectivity index (χ0) is 7.94. The first-order valence-corrected chi connectivity index (χ1v) is 5.01. The highest BCUT2D eigenvalue weighted by atomic mass is 16.2. The van der Waals surface area contributed by atoms with Crippen molar-refractivity contribution in [3.05, 3.63) is 0 Å². The Morgan fingerprint density at radius 3 is 2.27 bits per heavy atom. The Balaban J connectivity index is 1.73. The van der Waals surface area contributed by atoms with Crippen LogP contribution in [0.4, 0.5) is 0 Å². The third-order valence-electron chi connectivity index (χ3n) is 2.73. The molecule has 1 aliphatic rings. The van der Waals surface area contributed by atoms with Crippen molar-refractivity contribution in [2.24, 2.45) is 5.92 Å². The number of rotatable bonds is 6. The maximum Gasteiger partial charge on any atom is 0.0822 e. The second-order valence-electron chi connectivity index (χ2n) is 3.70. The molecule has 0 atom stereocenters. The fourth-order valence-corrected chi connectivity index (χ4v) is 1.67. The van der Waals surface area contributed by atoms with E-state index in [4.69, 9.17) is 0 Å². The first-order valence-electron chi connectivity index (χ1n) is 5.01. The van der Waals surface area contributed by atoms with Gasteiger partial charge in [0.2, 0.25) is 0 Å². The van der Waals surface area contributed by atoms with E-state index in [1.54, 1.807) is 0 Å². The molecule has 1 saturated carbocycles. The van der Waals surface area contributed by atoms with E-state index in [9.17, 15) is 5.11 Å². The summed E-state index contributed by atoms with van der Waals surface area (Å²) >= 11 is 0. The molecule has 1 heteroatoms. The van der Waals surface area contributed by atoms with E-state index in [0.29, 0.717) is 0 Å². The van der Waals surface area contributed by atoms with E-state index in [-0.39, 0.29) is 6.61 Å². The lowest BCUT2D eigenvalue weighted by atomic mass is 9.82. The third kappa shape index (κ3) is 3.76. The molecule has 0 heterocycles. The van der Waals surface area contributed by atoms with Gasteiger partial charge in [-0.05, 0) is 12.3 Å². The van der Waals surface area contributed by atoms with Crippen molar-refractivity contribution in [2.75, 3.05) is 6.61 Å². The highest BCUT2D eigenvalue weighted by molar-refractivity contribution is 4.68. The molecular formula is C10H19O. The van der Waals surface area contributed by atoms with Crippen molar-refractivity contribution in [1.29, 1.82) is 0 Å². The van der Waals surface area contributed by atoms with E-state index < -0.39 is 0 Å². The zero-order valence-corrected chi connectivity index (χ0v) is 7.35. The van der Waals surface area contributed by atoms with E-state index in [1.165, 1.54) is 38.5 Å². The molecule has 0 aromatic rings. The smallest absolute Gasteiger partial charge is 0.0822 e. The minimum absolute atomic E-state index is 0.128. The molecule has 1 fully saturated rings. The van der Waals surface area contributed by atoms with Crippen molar-refractivity contribution in [1.82, 2.24) is 0 Å². The molecule has 65 valence electrons. The van der Waals surface area contributed by atoms with Crippen molar-refractivity contribution >= 4 is 0 Å². The molecule has 11 heavy (non-hydrogen) atoms. The lowest BCUT2D eigenvalue weighted by Gasteiger charge is -2.24. The molecule has 0 bridgehead atoms. The minimum Gasteiger partial charge on any atom is -0.237 e. The van der Waals surface area contributed by atoms with Gasteiger partial charge in [-0.25, -0.2) is 5.11 Å². The van der Waals surface area contributed by atoms with Gasteiger partial charge in [-0.15, -0.1) is 0 Å². The molecular weight excluding hydrogens is 136 g/mol. The fraction of sp³-hybridized carbons (Fsp3) is 1.00. The molecule has 0 aromatic carbocycles. The quantitative estimate of drug-likeness (QED) is 0.525. The van der Waals surface area contributed by atoms with Gasteiger partial charge in [0, 0.05) is 0 Å². The van der Waals surface area contributed by atoms with Crippen LogP contribution in [0.3, 0.4) is 0 Å². The molecule has 0 spiro atoms. The molecule has 0 unspecified atom stereocenters. The van der Waals surface area contributed by atoms with Crippen LogP contribution in [0.5, 0.6) is 0 Å². The van der Waals surface area contributed by atoms with Crippen LogP contribution in [0.25, 0.3) is 0 Å². The Bertz CT molecular complexity index is 86.9. The molecule has 1 aliphatic carbocycles. The summed E-state index contributed by atoms with van der Waals surface area (Å²) in [5, 5.41) is 10.1. The van der Waals surface area contributed by atoms with E-state index in [1.807, 2.05) is 0 Å². The lowest BCUT2D eigenvalue weighted by molar-refractivity contribution is 0.185. The molecule has 0 aromatic heterocycles. The van der Waals surface area contributed by atoms with Gasteiger partial charge in [0.25, 0.3) is 0 Å². The average Bonchev–Trinajstić information content (AvgIpc) is 1.93. The SMILES string of the molecule is [O]CCCCCCC1CCC1. The normalized spacial score (nSPS) is 18.3. The van der Waals surface area contributed by atoms with Gasteiger partial charge in [-0.2, -0.15) is 0 Å². The zero-order valence-electron chi connectivity index (χ0n) is 7.35. The Morgan fingerprint density at radius 1 is 1.00 bits per heavy atom. The summed E-state index contributed by atoms with van der Waals surface area (Å²) in [5.41, 5.74) is 0. The van der Waals surface area contributed by atoms with Crippen molar-refractivity contribution in [3.8, 4) is 0 Å². The Morgan fingerprint density at radius 2 is 1.73 bits per heavy atom. The van der Waals surface area contributed by atoms with Crippen LogP contribution in [0.2, 0.25) is 0 Å². The first kappa shape index (κ1) is 9.05. The highest BCUT2D eigenvalue weighted by Crippen LogP contribution is 2.30. The van der Waals surface area contributed by atoms with Crippen LogP contribution in [0.15, 0.2) is 0 Å². The Labute approximate surface area is 69.8 Å². The van der Waals surface area contributed by atoms with Gasteiger partial charge in [-0.1, -0.05) is 44.9 Å². The van der Waals surface area contributed by atoms with Crippen LogP contribution in [0.1, 0.15) is 51.4 Å². The standard InChI is InChI=1S/C10H19O/c11-9-4-2-1-3-6-10-7-5-8-10/h10H,1-9H2.